The lowest BCUT2D eigenvalue weighted by atomic mass is 10.0. The summed E-state index contributed by atoms with van der Waals surface area (Å²) < 4.78 is 44.4. The minimum Gasteiger partial charge on any atom is -0.368 e. The fourth-order valence-corrected chi connectivity index (χ4v) is 3.17. The number of hydrogen-bond donors (Lipinski definition) is 2. The number of amides is 2. The lowest BCUT2D eigenvalue weighted by Gasteiger charge is -2.13. The van der Waals surface area contributed by atoms with E-state index in [9.17, 15) is 22.8 Å². The Morgan fingerprint density at radius 1 is 1.10 bits per heavy atom. The summed E-state index contributed by atoms with van der Waals surface area (Å²) in [6, 6.07) is 11.7. The van der Waals surface area contributed by atoms with Gasteiger partial charge in [-0.15, -0.1) is 0 Å². The molecule has 3 rings (SSSR count). The number of halogens is 3. The molecule has 0 aliphatic carbocycles. The van der Waals surface area contributed by atoms with Gasteiger partial charge in [-0.2, -0.15) is 13.2 Å². The minimum atomic E-state index is -4.43. The van der Waals surface area contributed by atoms with Crippen LogP contribution in [0.25, 0.3) is 0 Å². The van der Waals surface area contributed by atoms with Gasteiger partial charge in [-0.25, -0.2) is 0 Å². The summed E-state index contributed by atoms with van der Waals surface area (Å²) in [5.74, 6) is -0.688. The molecule has 1 heterocycles. The fourth-order valence-electron chi connectivity index (χ4n) is 3.17. The lowest BCUT2D eigenvalue weighted by molar-refractivity contribution is -0.138. The van der Waals surface area contributed by atoms with Crippen LogP contribution in [-0.4, -0.2) is 31.1 Å². The molecule has 1 saturated heterocycles. The van der Waals surface area contributed by atoms with Crippen LogP contribution < -0.4 is 10.6 Å². The fraction of sp³-hybridized carbons (Fsp3) is 0.333. The third kappa shape index (κ3) is 5.57. The van der Waals surface area contributed by atoms with Crippen LogP contribution in [0.3, 0.4) is 0 Å². The highest BCUT2D eigenvalue weighted by Gasteiger charge is 2.32. The smallest absolute Gasteiger partial charge is 0.368 e. The lowest BCUT2D eigenvalue weighted by Crippen LogP contribution is -2.28. The molecule has 0 saturated carbocycles. The predicted octanol–water partition coefficient (Wildman–Crippen LogP) is 3.80. The van der Waals surface area contributed by atoms with Gasteiger partial charge in [-0.05, 0) is 49.1 Å². The van der Waals surface area contributed by atoms with Gasteiger partial charge in [0.1, 0.15) is 6.10 Å². The normalized spacial score (nSPS) is 16.4. The molecule has 1 aliphatic rings. The van der Waals surface area contributed by atoms with E-state index < -0.39 is 23.8 Å². The maximum Gasteiger partial charge on any atom is 0.416 e. The number of benzene rings is 2. The standard InChI is InChI=1S/C21H21F3N2O3/c22-21(23,24)17-8-2-1-5-14(17)10-11-25-19(27)15-6-3-7-16(13-15)26-20(28)18-9-4-12-29-18/h1-3,5-8,13,18H,4,9-12H2,(H,25,27)(H,26,28). The van der Waals surface area contributed by atoms with Crippen molar-refractivity contribution < 1.29 is 27.5 Å². The van der Waals surface area contributed by atoms with Crippen LogP contribution >= 0.6 is 0 Å². The Bertz CT molecular complexity index is 877. The highest BCUT2D eigenvalue weighted by Crippen LogP contribution is 2.31. The van der Waals surface area contributed by atoms with Crippen LogP contribution in [0, 0.1) is 0 Å². The Balaban J connectivity index is 1.57. The van der Waals surface area contributed by atoms with Gasteiger partial charge < -0.3 is 15.4 Å². The van der Waals surface area contributed by atoms with Crippen LogP contribution in [0.15, 0.2) is 48.5 Å². The summed E-state index contributed by atoms with van der Waals surface area (Å²) in [5.41, 5.74) is 0.186. The average Bonchev–Trinajstić information content (AvgIpc) is 3.23. The van der Waals surface area contributed by atoms with E-state index in [0.717, 1.165) is 12.5 Å². The molecule has 2 aromatic rings. The van der Waals surface area contributed by atoms with Crippen molar-refractivity contribution in [2.45, 2.75) is 31.5 Å². The van der Waals surface area contributed by atoms with Crippen LogP contribution in [-0.2, 0) is 22.1 Å². The monoisotopic (exact) mass is 406 g/mol. The Labute approximate surface area is 166 Å². The summed E-state index contributed by atoms with van der Waals surface area (Å²) in [6.07, 6.45) is -3.38. The quantitative estimate of drug-likeness (QED) is 0.767. The molecule has 0 aromatic heterocycles. The van der Waals surface area contributed by atoms with Gasteiger partial charge >= 0.3 is 6.18 Å². The van der Waals surface area contributed by atoms with Crippen molar-refractivity contribution in [2.24, 2.45) is 0 Å². The van der Waals surface area contributed by atoms with Crippen molar-refractivity contribution in [3.8, 4) is 0 Å². The third-order valence-corrected chi connectivity index (χ3v) is 4.62. The van der Waals surface area contributed by atoms with Gasteiger partial charge in [-0.3, -0.25) is 9.59 Å². The van der Waals surface area contributed by atoms with Gasteiger partial charge in [0.2, 0.25) is 0 Å². The number of alkyl halides is 3. The molecule has 1 aliphatic heterocycles. The molecule has 29 heavy (non-hydrogen) atoms. The molecule has 1 unspecified atom stereocenters. The first kappa shape index (κ1) is 20.9. The van der Waals surface area contributed by atoms with Crippen molar-refractivity contribution in [3.63, 3.8) is 0 Å². The molecule has 0 spiro atoms. The number of rotatable bonds is 6. The predicted molar refractivity (Wildman–Crippen MR) is 102 cm³/mol. The third-order valence-electron chi connectivity index (χ3n) is 4.62. The highest BCUT2D eigenvalue weighted by molar-refractivity contribution is 5.98. The van der Waals surface area contributed by atoms with Gasteiger partial charge in [0.25, 0.3) is 11.8 Å². The Hall–Kier alpha value is -2.87. The molecule has 2 N–H and O–H groups in total. The molecule has 2 amide bonds. The number of nitrogens with one attached hydrogen (secondary N) is 2. The van der Waals surface area contributed by atoms with Crippen molar-refractivity contribution in [2.75, 3.05) is 18.5 Å². The van der Waals surface area contributed by atoms with Gasteiger partial charge in [0.05, 0.1) is 5.56 Å². The second-order valence-corrected chi connectivity index (χ2v) is 6.73. The topological polar surface area (TPSA) is 67.4 Å². The van der Waals surface area contributed by atoms with Gasteiger partial charge in [-0.1, -0.05) is 24.3 Å². The van der Waals surface area contributed by atoms with Gasteiger partial charge in [0.15, 0.2) is 0 Å². The summed E-state index contributed by atoms with van der Waals surface area (Å²) >= 11 is 0. The van der Waals surface area contributed by atoms with E-state index in [1.165, 1.54) is 24.3 Å². The molecule has 154 valence electrons. The van der Waals surface area contributed by atoms with Gasteiger partial charge in [0, 0.05) is 24.4 Å². The Morgan fingerprint density at radius 3 is 2.62 bits per heavy atom. The number of ether oxygens (including phenoxy) is 1. The molecule has 1 atom stereocenters. The highest BCUT2D eigenvalue weighted by atomic mass is 19.4. The second-order valence-electron chi connectivity index (χ2n) is 6.73. The molecular weight excluding hydrogens is 385 g/mol. The van der Waals surface area contributed by atoms with Crippen molar-refractivity contribution in [1.29, 1.82) is 0 Å². The summed E-state index contributed by atoms with van der Waals surface area (Å²) in [7, 11) is 0. The van der Waals surface area contributed by atoms with Crippen molar-refractivity contribution >= 4 is 17.5 Å². The Morgan fingerprint density at radius 2 is 1.90 bits per heavy atom. The first-order valence-electron chi connectivity index (χ1n) is 9.30. The number of carbonyl (C=O) groups excluding carboxylic acids is 2. The van der Waals surface area contributed by atoms with Crippen LogP contribution in [0.4, 0.5) is 18.9 Å². The van der Waals surface area contributed by atoms with Crippen LogP contribution in [0.2, 0.25) is 0 Å². The van der Waals surface area contributed by atoms with E-state index in [-0.39, 0.29) is 24.4 Å². The summed E-state index contributed by atoms with van der Waals surface area (Å²) in [5, 5.41) is 5.33. The molecular formula is C21H21F3N2O3. The minimum absolute atomic E-state index is 0.0524. The number of anilines is 1. The first-order valence-corrected chi connectivity index (χ1v) is 9.30. The van der Waals surface area contributed by atoms with Crippen LogP contribution in [0.5, 0.6) is 0 Å². The van der Waals surface area contributed by atoms with Crippen molar-refractivity contribution in [3.05, 3.63) is 65.2 Å². The average molecular weight is 406 g/mol. The summed E-state index contributed by atoms with van der Waals surface area (Å²) in [6.45, 7) is 0.608. The maximum absolute atomic E-state index is 13.0. The van der Waals surface area contributed by atoms with E-state index in [2.05, 4.69) is 10.6 Å². The maximum atomic E-state index is 13.0. The molecule has 0 bridgehead atoms. The summed E-state index contributed by atoms with van der Waals surface area (Å²) in [4.78, 5) is 24.4. The van der Waals surface area contributed by atoms with Crippen LogP contribution in [0.1, 0.15) is 34.3 Å². The SMILES string of the molecule is O=C(NCCc1ccccc1C(F)(F)F)c1cccc(NC(=O)C2CCCO2)c1. The number of carbonyl (C=O) groups is 2. The van der Waals surface area contributed by atoms with E-state index in [1.54, 1.807) is 18.2 Å². The first-order chi connectivity index (χ1) is 13.8. The molecule has 2 aromatic carbocycles. The molecule has 5 nitrogen and oxygen atoms in total. The zero-order valence-electron chi connectivity index (χ0n) is 15.6. The largest absolute Gasteiger partial charge is 0.416 e. The molecule has 8 heteroatoms. The molecule has 0 radical (unpaired) electrons. The zero-order chi connectivity index (χ0) is 20.9. The second kappa shape index (κ2) is 9.09. The zero-order valence-corrected chi connectivity index (χ0v) is 15.6. The Kier molecular flexibility index (Phi) is 6.53. The van der Waals surface area contributed by atoms with Crippen molar-refractivity contribution in [1.82, 2.24) is 5.32 Å². The van der Waals surface area contributed by atoms with E-state index >= 15 is 0 Å². The van der Waals surface area contributed by atoms with E-state index in [1.807, 2.05) is 0 Å². The van der Waals surface area contributed by atoms with E-state index in [4.69, 9.17) is 4.74 Å². The molecule has 1 fully saturated rings. The van der Waals surface area contributed by atoms with E-state index in [0.29, 0.717) is 24.3 Å². The number of hydrogen-bond acceptors (Lipinski definition) is 3.